The normalized spacial score (nSPS) is 15.6. The molecule has 0 spiro atoms. The van der Waals surface area contributed by atoms with E-state index in [1.807, 2.05) is 6.92 Å². The number of piperazine rings is 1. The van der Waals surface area contributed by atoms with Crippen LogP contribution in [0.15, 0.2) is 59.5 Å². The van der Waals surface area contributed by atoms with Crippen LogP contribution in [0.5, 0.6) is 5.75 Å². The minimum atomic E-state index is -0.436. The van der Waals surface area contributed by atoms with Crippen LogP contribution in [0.3, 0.4) is 0 Å². The standard InChI is InChI=1S/C26H33FN6O2/c1-20(16-26(34)30-18-21-8-9-29-19-31-21)4-7-25(28-2)23-6-5-22(17-24(23)27)35-15-14-33-12-10-32(3)11-13-33/h4-9,17,19H,2,10-16,18H2,1,3H3,(H,30,34)/b20-4+,25-7-. The summed E-state index contributed by atoms with van der Waals surface area (Å²) in [6.45, 7) is 11.2. The number of aliphatic imine (C=N–C) groups is 1. The molecule has 2 heterocycles. The number of nitrogens with zero attached hydrogens (tertiary/aromatic N) is 5. The van der Waals surface area contributed by atoms with Gasteiger partial charge in [0.1, 0.15) is 24.5 Å². The van der Waals surface area contributed by atoms with Crippen molar-refractivity contribution in [3.05, 3.63) is 71.6 Å². The third-order valence-electron chi connectivity index (χ3n) is 5.73. The van der Waals surface area contributed by atoms with Gasteiger partial charge in [-0.3, -0.25) is 14.7 Å². The quantitative estimate of drug-likeness (QED) is 0.393. The van der Waals surface area contributed by atoms with Crippen molar-refractivity contribution in [1.29, 1.82) is 0 Å². The Morgan fingerprint density at radius 3 is 2.74 bits per heavy atom. The molecule has 0 radical (unpaired) electrons. The van der Waals surface area contributed by atoms with Gasteiger partial charge in [0, 0.05) is 57.0 Å². The molecule has 0 unspecified atom stereocenters. The summed E-state index contributed by atoms with van der Waals surface area (Å²) in [7, 11) is 2.12. The summed E-state index contributed by atoms with van der Waals surface area (Å²) in [5, 5.41) is 2.81. The van der Waals surface area contributed by atoms with Crippen LogP contribution in [-0.2, 0) is 11.3 Å². The minimum absolute atomic E-state index is 0.136. The maximum atomic E-state index is 14.8. The lowest BCUT2D eigenvalue weighted by atomic mass is 10.1. The molecule has 0 saturated carbocycles. The highest BCUT2D eigenvalue weighted by Crippen LogP contribution is 2.24. The Labute approximate surface area is 206 Å². The molecule has 1 fully saturated rings. The molecule has 8 nitrogen and oxygen atoms in total. The first kappa shape index (κ1) is 26.2. The number of allylic oxidation sites excluding steroid dienone is 2. The fourth-order valence-electron chi connectivity index (χ4n) is 3.59. The van der Waals surface area contributed by atoms with E-state index in [0.717, 1.165) is 44.0 Å². The van der Waals surface area contributed by atoms with E-state index in [-0.39, 0.29) is 12.3 Å². The number of amides is 1. The number of likely N-dealkylation sites (N-methyl/N-ethyl adjacent to an activating group) is 1. The Hall–Kier alpha value is -3.43. The van der Waals surface area contributed by atoms with Crippen molar-refractivity contribution >= 4 is 18.3 Å². The molecular weight excluding hydrogens is 447 g/mol. The lowest BCUT2D eigenvalue weighted by Crippen LogP contribution is -2.45. The van der Waals surface area contributed by atoms with Crippen molar-refractivity contribution in [2.24, 2.45) is 4.99 Å². The van der Waals surface area contributed by atoms with Gasteiger partial charge in [0.25, 0.3) is 0 Å². The number of nitrogens with one attached hydrogen (secondary N) is 1. The van der Waals surface area contributed by atoms with E-state index >= 15 is 0 Å². The average molecular weight is 481 g/mol. The number of hydrogen-bond donors (Lipinski definition) is 1. The summed E-state index contributed by atoms with van der Waals surface area (Å²) in [6.07, 6.45) is 6.67. The van der Waals surface area contributed by atoms with Crippen LogP contribution in [0.4, 0.5) is 4.39 Å². The Kier molecular flexibility index (Phi) is 10.1. The largest absolute Gasteiger partial charge is 0.492 e. The number of rotatable bonds is 11. The first-order chi connectivity index (χ1) is 16.9. The van der Waals surface area contributed by atoms with E-state index in [2.05, 4.69) is 43.8 Å². The predicted molar refractivity (Wildman–Crippen MR) is 136 cm³/mol. The molecule has 2 aromatic rings. The van der Waals surface area contributed by atoms with Crippen LogP contribution in [-0.4, -0.2) is 78.8 Å². The van der Waals surface area contributed by atoms with Crippen LogP contribution in [0.25, 0.3) is 5.70 Å². The molecule has 1 N–H and O–H groups in total. The highest BCUT2D eigenvalue weighted by Gasteiger charge is 2.14. The maximum absolute atomic E-state index is 14.8. The van der Waals surface area contributed by atoms with Gasteiger partial charge in [0.05, 0.1) is 17.9 Å². The van der Waals surface area contributed by atoms with Gasteiger partial charge in [-0.05, 0) is 45.0 Å². The number of carbonyl (C=O) groups excluding carboxylic acids is 1. The first-order valence-electron chi connectivity index (χ1n) is 11.6. The lowest BCUT2D eigenvalue weighted by molar-refractivity contribution is -0.120. The molecule has 0 aliphatic carbocycles. The Balaban J connectivity index is 1.51. The molecule has 1 aromatic heterocycles. The smallest absolute Gasteiger partial charge is 0.224 e. The second kappa shape index (κ2) is 13.5. The van der Waals surface area contributed by atoms with Crippen molar-refractivity contribution in [2.45, 2.75) is 19.9 Å². The molecule has 9 heteroatoms. The van der Waals surface area contributed by atoms with Gasteiger partial charge < -0.3 is 15.0 Å². The molecule has 3 rings (SSSR count). The molecule has 1 aliphatic rings. The van der Waals surface area contributed by atoms with Gasteiger partial charge >= 0.3 is 0 Å². The molecule has 186 valence electrons. The first-order valence-corrected chi connectivity index (χ1v) is 11.6. The predicted octanol–water partition coefficient (Wildman–Crippen LogP) is 2.94. The van der Waals surface area contributed by atoms with Crippen LogP contribution < -0.4 is 10.1 Å². The van der Waals surface area contributed by atoms with Gasteiger partial charge in [0.15, 0.2) is 0 Å². The summed E-state index contributed by atoms with van der Waals surface area (Å²) in [6, 6.07) is 6.48. The minimum Gasteiger partial charge on any atom is -0.492 e. The van der Waals surface area contributed by atoms with Gasteiger partial charge in [0.2, 0.25) is 5.91 Å². The Morgan fingerprint density at radius 2 is 2.06 bits per heavy atom. The summed E-state index contributed by atoms with van der Waals surface area (Å²) >= 11 is 0. The van der Waals surface area contributed by atoms with Crippen molar-refractivity contribution in [2.75, 3.05) is 46.4 Å². The zero-order valence-corrected chi connectivity index (χ0v) is 20.4. The maximum Gasteiger partial charge on any atom is 0.224 e. The second-order valence-electron chi connectivity index (χ2n) is 8.51. The van der Waals surface area contributed by atoms with Crippen LogP contribution >= 0.6 is 0 Å². The van der Waals surface area contributed by atoms with Gasteiger partial charge in [-0.15, -0.1) is 0 Å². The third-order valence-corrected chi connectivity index (χ3v) is 5.73. The van der Waals surface area contributed by atoms with Crippen LogP contribution in [0, 0.1) is 5.82 Å². The van der Waals surface area contributed by atoms with E-state index in [4.69, 9.17) is 4.74 Å². The van der Waals surface area contributed by atoms with Gasteiger partial charge in [-0.2, -0.15) is 0 Å². The summed E-state index contributed by atoms with van der Waals surface area (Å²) < 4.78 is 20.5. The monoisotopic (exact) mass is 480 g/mol. The van der Waals surface area contributed by atoms with Crippen molar-refractivity contribution in [1.82, 2.24) is 25.1 Å². The van der Waals surface area contributed by atoms with Gasteiger partial charge in [-0.1, -0.05) is 11.6 Å². The molecule has 1 amide bonds. The molecule has 0 atom stereocenters. The fraction of sp³-hybridized carbons (Fsp3) is 0.385. The number of aromatic nitrogens is 2. The van der Waals surface area contributed by atoms with Crippen molar-refractivity contribution < 1.29 is 13.9 Å². The van der Waals surface area contributed by atoms with Crippen LogP contribution in [0.1, 0.15) is 24.6 Å². The SMILES string of the molecule is C=N/C(=C\C=C(/C)CC(=O)NCc1ccncn1)c1ccc(OCCN2CCN(C)CC2)cc1F. The molecule has 1 saturated heterocycles. The highest BCUT2D eigenvalue weighted by atomic mass is 19.1. The van der Waals surface area contributed by atoms with Crippen molar-refractivity contribution in [3.8, 4) is 5.75 Å². The number of ether oxygens (including phenoxy) is 1. The van der Waals surface area contributed by atoms with Gasteiger partial charge in [-0.25, -0.2) is 14.4 Å². The molecule has 1 aliphatic heterocycles. The van der Waals surface area contributed by atoms with Crippen LogP contribution in [0.2, 0.25) is 0 Å². The Bertz CT molecular complexity index is 1050. The molecular formula is C26H33FN6O2. The number of benzene rings is 1. The summed E-state index contributed by atoms with van der Waals surface area (Å²) in [4.78, 5) is 28.7. The number of halogens is 1. The highest BCUT2D eigenvalue weighted by molar-refractivity contribution is 5.78. The zero-order chi connectivity index (χ0) is 25.0. The van der Waals surface area contributed by atoms with E-state index < -0.39 is 5.82 Å². The average Bonchev–Trinajstić information content (AvgIpc) is 2.86. The molecule has 35 heavy (non-hydrogen) atoms. The van der Waals surface area contributed by atoms with E-state index in [1.165, 1.54) is 12.4 Å². The lowest BCUT2D eigenvalue weighted by Gasteiger charge is -2.32. The topological polar surface area (TPSA) is 83.0 Å². The Morgan fingerprint density at radius 1 is 1.26 bits per heavy atom. The fourth-order valence-corrected chi connectivity index (χ4v) is 3.59. The summed E-state index contributed by atoms with van der Waals surface area (Å²) in [5.41, 5.74) is 2.24. The van der Waals surface area contributed by atoms with E-state index in [1.54, 1.807) is 36.5 Å². The zero-order valence-electron chi connectivity index (χ0n) is 20.4. The van der Waals surface area contributed by atoms with E-state index in [0.29, 0.717) is 30.2 Å². The third kappa shape index (κ3) is 8.70. The summed E-state index contributed by atoms with van der Waals surface area (Å²) in [5.74, 6) is -0.0894. The number of carbonyl (C=O) groups is 1. The molecule has 0 bridgehead atoms. The second-order valence-corrected chi connectivity index (χ2v) is 8.51. The van der Waals surface area contributed by atoms with E-state index in [9.17, 15) is 9.18 Å². The number of hydrogen-bond acceptors (Lipinski definition) is 7. The van der Waals surface area contributed by atoms with Crippen molar-refractivity contribution in [3.63, 3.8) is 0 Å². The molecule has 1 aromatic carbocycles.